The molecule has 0 aromatic heterocycles. The molecule has 0 saturated heterocycles. The molecule has 0 spiro atoms. The maximum atomic E-state index is 13.1. The average molecular weight is 298 g/mol. The first kappa shape index (κ1) is 15.8. The van der Waals surface area contributed by atoms with Crippen molar-refractivity contribution in [2.24, 2.45) is 11.8 Å². The molecule has 1 fully saturated rings. The molecule has 1 aromatic carbocycles. The zero-order valence-electron chi connectivity index (χ0n) is 12.5. The van der Waals surface area contributed by atoms with Crippen molar-refractivity contribution in [3.8, 4) is 0 Å². The number of hydrogen-bond donors (Lipinski definition) is 1. The predicted octanol–water partition coefficient (Wildman–Crippen LogP) is 5.35. The Hall–Kier alpha value is -0.600. The van der Waals surface area contributed by atoms with E-state index in [1.807, 2.05) is 0 Å². The van der Waals surface area contributed by atoms with E-state index in [9.17, 15) is 4.39 Å². The predicted molar refractivity (Wildman–Crippen MR) is 83.6 cm³/mol. The SMILES string of the molecule is CC1CCC(CCNC(C)c2ccc(F)c(Cl)c2)CC1. The van der Waals surface area contributed by atoms with Gasteiger partial charge in [0.1, 0.15) is 5.82 Å². The van der Waals surface area contributed by atoms with Gasteiger partial charge in [0.15, 0.2) is 0 Å². The lowest BCUT2D eigenvalue weighted by Crippen LogP contribution is -2.23. The van der Waals surface area contributed by atoms with Gasteiger partial charge in [-0.25, -0.2) is 4.39 Å². The minimum Gasteiger partial charge on any atom is -0.310 e. The molecular formula is C17H25ClFN. The van der Waals surface area contributed by atoms with Crippen LogP contribution in [0.4, 0.5) is 4.39 Å². The first-order chi connectivity index (χ1) is 9.56. The molecule has 1 unspecified atom stereocenters. The molecule has 1 saturated carbocycles. The molecule has 1 aliphatic rings. The van der Waals surface area contributed by atoms with Crippen LogP contribution in [0.3, 0.4) is 0 Å². The molecule has 20 heavy (non-hydrogen) atoms. The molecule has 1 atom stereocenters. The van der Waals surface area contributed by atoms with Gasteiger partial charge in [-0.3, -0.25) is 0 Å². The fourth-order valence-corrected chi connectivity index (χ4v) is 3.21. The maximum Gasteiger partial charge on any atom is 0.141 e. The summed E-state index contributed by atoms with van der Waals surface area (Å²) < 4.78 is 13.1. The normalized spacial score (nSPS) is 24.6. The Balaban J connectivity index is 1.74. The highest BCUT2D eigenvalue weighted by Gasteiger charge is 2.18. The lowest BCUT2D eigenvalue weighted by Gasteiger charge is -2.26. The van der Waals surface area contributed by atoms with Crippen LogP contribution in [-0.4, -0.2) is 6.54 Å². The van der Waals surface area contributed by atoms with Gasteiger partial charge in [-0.15, -0.1) is 0 Å². The van der Waals surface area contributed by atoms with E-state index in [0.717, 1.165) is 23.9 Å². The highest BCUT2D eigenvalue weighted by molar-refractivity contribution is 6.30. The fourth-order valence-electron chi connectivity index (χ4n) is 3.02. The monoisotopic (exact) mass is 297 g/mol. The molecule has 0 bridgehead atoms. The Morgan fingerprint density at radius 1 is 1.30 bits per heavy atom. The van der Waals surface area contributed by atoms with Gasteiger partial charge in [-0.2, -0.15) is 0 Å². The van der Waals surface area contributed by atoms with E-state index in [0.29, 0.717) is 0 Å². The summed E-state index contributed by atoms with van der Waals surface area (Å²) in [5.41, 5.74) is 1.05. The van der Waals surface area contributed by atoms with Crippen molar-refractivity contribution in [1.82, 2.24) is 5.32 Å². The van der Waals surface area contributed by atoms with Crippen LogP contribution in [0, 0.1) is 17.7 Å². The van der Waals surface area contributed by atoms with Crippen molar-refractivity contribution in [3.05, 3.63) is 34.6 Å². The maximum absolute atomic E-state index is 13.1. The Kier molecular flexibility index (Phi) is 5.86. The zero-order chi connectivity index (χ0) is 14.5. The standard InChI is InChI=1S/C17H25ClFN/c1-12-3-5-14(6-4-12)9-10-20-13(2)15-7-8-17(19)16(18)11-15/h7-8,11-14,20H,3-6,9-10H2,1-2H3. The van der Waals surface area contributed by atoms with Gasteiger partial charge in [0.25, 0.3) is 0 Å². The summed E-state index contributed by atoms with van der Waals surface area (Å²) in [6.07, 6.45) is 6.76. The van der Waals surface area contributed by atoms with Crippen LogP contribution >= 0.6 is 11.6 Å². The second-order valence-corrected chi connectivity index (χ2v) is 6.67. The van der Waals surface area contributed by atoms with Crippen LogP contribution < -0.4 is 5.32 Å². The summed E-state index contributed by atoms with van der Waals surface area (Å²) >= 11 is 5.82. The van der Waals surface area contributed by atoms with Crippen molar-refractivity contribution >= 4 is 11.6 Å². The van der Waals surface area contributed by atoms with Gasteiger partial charge < -0.3 is 5.32 Å². The molecule has 3 heteroatoms. The molecule has 1 aliphatic carbocycles. The van der Waals surface area contributed by atoms with Crippen molar-refractivity contribution in [2.75, 3.05) is 6.54 Å². The van der Waals surface area contributed by atoms with Gasteiger partial charge >= 0.3 is 0 Å². The van der Waals surface area contributed by atoms with Crippen molar-refractivity contribution < 1.29 is 4.39 Å². The van der Waals surface area contributed by atoms with E-state index in [-0.39, 0.29) is 16.9 Å². The molecule has 0 aliphatic heterocycles. The molecule has 1 nitrogen and oxygen atoms in total. The minimum atomic E-state index is -0.348. The highest BCUT2D eigenvalue weighted by Crippen LogP contribution is 2.30. The lowest BCUT2D eigenvalue weighted by atomic mass is 9.81. The third kappa shape index (κ3) is 4.46. The summed E-state index contributed by atoms with van der Waals surface area (Å²) in [7, 11) is 0. The molecule has 112 valence electrons. The molecular weight excluding hydrogens is 273 g/mol. The van der Waals surface area contributed by atoms with Crippen LogP contribution in [0.25, 0.3) is 0 Å². The highest BCUT2D eigenvalue weighted by atomic mass is 35.5. The number of halogens is 2. The van der Waals surface area contributed by atoms with Crippen LogP contribution in [0.15, 0.2) is 18.2 Å². The van der Waals surface area contributed by atoms with Crippen molar-refractivity contribution in [2.45, 2.75) is 52.0 Å². The van der Waals surface area contributed by atoms with Gasteiger partial charge in [-0.1, -0.05) is 50.3 Å². The smallest absolute Gasteiger partial charge is 0.141 e. The van der Waals surface area contributed by atoms with Crippen molar-refractivity contribution in [1.29, 1.82) is 0 Å². The van der Waals surface area contributed by atoms with Gasteiger partial charge in [0.05, 0.1) is 5.02 Å². The summed E-state index contributed by atoms with van der Waals surface area (Å²) in [4.78, 5) is 0. The lowest BCUT2D eigenvalue weighted by molar-refractivity contribution is 0.273. The van der Waals surface area contributed by atoms with Crippen LogP contribution in [0.5, 0.6) is 0 Å². The molecule has 1 N–H and O–H groups in total. The second kappa shape index (κ2) is 7.42. The van der Waals surface area contributed by atoms with E-state index in [1.54, 1.807) is 12.1 Å². The van der Waals surface area contributed by atoms with E-state index in [4.69, 9.17) is 11.6 Å². The topological polar surface area (TPSA) is 12.0 Å². The quantitative estimate of drug-likeness (QED) is 0.773. The Morgan fingerprint density at radius 2 is 2.00 bits per heavy atom. The van der Waals surface area contributed by atoms with Gasteiger partial charge in [0, 0.05) is 6.04 Å². The number of benzene rings is 1. The second-order valence-electron chi connectivity index (χ2n) is 6.26. The molecule has 2 rings (SSSR count). The molecule has 1 aromatic rings. The number of rotatable bonds is 5. The number of hydrogen-bond acceptors (Lipinski definition) is 1. The molecule has 0 radical (unpaired) electrons. The zero-order valence-corrected chi connectivity index (χ0v) is 13.2. The average Bonchev–Trinajstić information content (AvgIpc) is 2.44. The number of nitrogens with one attached hydrogen (secondary N) is 1. The third-order valence-corrected chi connectivity index (χ3v) is 4.87. The van der Waals surface area contributed by atoms with Crippen molar-refractivity contribution in [3.63, 3.8) is 0 Å². The van der Waals surface area contributed by atoms with E-state index in [1.165, 1.54) is 38.2 Å². The Morgan fingerprint density at radius 3 is 2.65 bits per heavy atom. The van der Waals surface area contributed by atoms with Crippen LogP contribution in [-0.2, 0) is 0 Å². The van der Waals surface area contributed by atoms with E-state index < -0.39 is 0 Å². The first-order valence-corrected chi connectivity index (χ1v) is 8.12. The molecule has 0 amide bonds. The third-order valence-electron chi connectivity index (χ3n) is 4.58. The summed E-state index contributed by atoms with van der Waals surface area (Å²) in [5, 5.41) is 3.73. The van der Waals surface area contributed by atoms with Crippen LogP contribution in [0.2, 0.25) is 5.02 Å². The van der Waals surface area contributed by atoms with Gasteiger partial charge in [-0.05, 0) is 49.4 Å². The molecule has 0 heterocycles. The fraction of sp³-hybridized carbons (Fsp3) is 0.647. The first-order valence-electron chi connectivity index (χ1n) is 7.74. The summed E-state index contributed by atoms with van der Waals surface area (Å²) in [6, 6.07) is 5.19. The van der Waals surface area contributed by atoms with E-state index >= 15 is 0 Å². The van der Waals surface area contributed by atoms with Crippen LogP contribution in [0.1, 0.15) is 57.6 Å². The van der Waals surface area contributed by atoms with Gasteiger partial charge in [0.2, 0.25) is 0 Å². The van der Waals surface area contributed by atoms with E-state index in [2.05, 4.69) is 19.2 Å². The Bertz CT molecular complexity index is 427. The summed E-state index contributed by atoms with van der Waals surface area (Å²) in [6.45, 7) is 5.48. The minimum absolute atomic E-state index is 0.206. The summed E-state index contributed by atoms with van der Waals surface area (Å²) in [5.74, 6) is 1.45. The largest absolute Gasteiger partial charge is 0.310 e. The Labute approximate surface area is 126 Å².